The Morgan fingerprint density at radius 3 is 2.32 bits per heavy atom. The zero-order valence-corrected chi connectivity index (χ0v) is 12.5. The Morgan fingerprint density at radius 2 is 1.68 bits per heavy atom. The van der Waals surface area contributed by atoms with Crippen LogP contribution in [0.1, 0.15) is 11.5 Å². The minimum atomic E-state index is -0.652. The summed E-state index contributed by atoms with van der Waals surface area (Å²) in [6.45, 7) is 0.0324. The number of methoxy groups -OCH3 is 2. The van der Waals surface area contributed by atoms with Crippen molar-refractivity contribution in [1.82, 2.24) is 0 Å². The maximum Gasteiger partial charge on any atom is 0.316 e. The van der Waals surface area contributed by atoms with E-state index in [1.807, 2.05) is 12.1 Å². The van der Waals surface area contributed by atoms with Crippen molar-refractivity contribution >= 4 is 5.97 Å². The fourth-order valence-corrected chi connectivity index (χ4v) is 2.13. The number of carbonyl (C=O) groups excluding carboxylic acids is 1. The van der Waals surface area contributed by atoms with E-state index in [1.54, 1.807) is 30.3 Å². The highest BCUT2D eigenvalue weighted by molar-refractivity contribution is 5.79. The molecular formula is C17H18O5. The van der Waals surface area contributed by atoms with Crippen molar-refractivity contribution in [3.05, 3.63) is 54.1 Å². The van der Waals surface area contributed by atoms with Crippen LogP contribution in [0.25, 0.3) is 0 Å². The van der Waals surface area contributed by atoms with E-state index in [9.17, 15) is 9.90 Å². The number of phenols is 1. The molecule has 0 radical (unpaired) electrons. The number of aromatic hydroxyl groups is 1. The lowest BCUT2D eigenvalue weighted by Gasteiger charge is -2.18. The molecule has 0 heterocycles. The smallest absolute Gasteiger partial charge is 0.316 e. The van der Waals surface area contributed by atoms with Crippen LogP contribution in [0.3, 0.4) is 0 Å². The van der Waals surface area contributed by atoms with Gasteiger partial charge < -0.3 is 19.3 Å². The molecule has 1 atom stereocenters. The molecule has 0 fully saturated rings. The molecule has 22 heavy (non-hydrogen) atoms. The molecule has 5 nitrogen and oxygen atoms in total. The van der Waals surface area contributed by atoms with Crippen molar-refractivity contribution < 1.29 is 24.1 Å². The summed E-state index contributed by atoms with van der Waals surface area (Å²) < 4.78 is 15.7. The maximum absolute atomic E-state index is 12.1. The first-order valence-corrected chi connectivity index (χ1v) is 6.79. The first kappa shape index (κ1) is 15.7. The summed E-state index contributed by atoms with van der Waals surface area (Å²) in [6.07, 6.45) is 0. The number of para-hydroxylation sites is 3. The first-order chi connectivity index (χ1) is 10.7. The molecule has 116 valence electrons. The summed E-state index contributed by atoms with van der Waals surface area (Å²) in [6, 6.07) is 13.8. The van der Waals surface area contributed by atoms with Crippen molar-refractivity contribution in [1.29, 1.82) is 0 Å². The lowest BCUT2D eigenvalue weighted by Crippen LogP contribution is -2.22. The van der Waals surface area contributed by atoms with Crippen LogP contribution in [-0.4, -0.2) is 31.9 Å². The Balaban J connectivity index is 2.24. The summed E-state index contributed by atoms with van der Waals surface area (Å²) in [5.41, 5.74) is 0.673. The predicted octanol–water partition coefficient (Wildman–Crippen LogP) is 2.74. The van der Waals surface area contributed by atoms with Gasteiger partial charge in [0.25, 0.3) is 0 Å². The Hall–Kier alpha value is -2.69. The number of phenolic OH excluding ortho intramolecular Hbond substituents is 1. The van der Waals surface area contributed by atoms with Crippen LogP contribution < -0.4 is 9.47 Å². The van der Waals surface area contributed by atoms with Crippen molar-refractivity contribution in [2.45, 2.75) is 5.92 Å². The van der Waals surface area contributed by atoms with Gasteiger partial charge in [0, 0.05) is 5.56 Å². The molecule has 0 aromatic heterocycles. The predicted molar refractivity (Wildman–Crippen MR) is 81.4 cm³/mol. The summed E-state index contributed by atoms with van der Waals surface area (Å²) in [4.78, 5) is 12.1. The normalized spacial score (nSPS) is 11.5. The van der Waals surface area contributed by atoms with E-state index in [-0.39, 0.29) is 12.4 Å². The molecule has 0 amide bonds. The Kier molecular flexibility index (Phi) is 5.25. The molecule has 2 rings (SSSR count). The van der Waals surface area contributed by atoms with Gasteiger partial charge in [0.1, 0.15) is 18.3 Å². The number of hydrogen-bond acceptors (Lipinski definition) is 5. The second-order valence-electron chi connectivity index (χ2n) is 4.60. The standard InChI is InChI=1S/C17H18O5/c1-20-15-9-5-3-7-12(15)13(17(19)21-2)11-22-16-10-6-4-8-14(16)18/h3-10,13,18H,11H2,1-2H3. The number of hydrogen-bond donors (Lipinski definition) is 1. The minimum absolute atomic E-state index is 0.0196. The fourth-order valence-electron chi connectivity index (χ4n) is 2.13. The molecule has 1 N–H and O–H groups in total. The highest BCUT2D eigenvalue weighted by atomic mass is 16.5. The Bertz CT molecular complexity index is 638. The van der Waals surface area contributed by atoms with Gasteiger partial charge in [0.05, 0.1) is 14.2 Å². The topological polar surface area (TPSA) is 65.0 Å². The number of rotatable bonds is 6. The van der Waals surface area contributed by atoms with E-state index in [1.165, 1.54) is 20.3 Å². The number of carbonyl (C=O) groups is 1. The largest absolute Gasteiger partial charge is 0.504 e. The quantitative estimate of drug-likeness (QED) is 0.831. The highest BCUT2D eigenvalue weighted by Crippen LogP contribution is 2.30. The number of ether oxygens (including phenoxy) is 3. The summed E-state index contributed by atoms with van der Waals surface area (Å²) in [7, 11) is 2.86. The molecule has 2 aromatic carbocycles. The van der Waals surface area contributed by atoms with Crippen LogP contribution in [0.2, 0.25) is 0 Å². The molecule has 0 saturated heterocycles. The van der Waals surface area contributed by atoms with Gasteiger partial charge in [-0.05, 0) is 18.2 Å². The van der Waals surface area contributed by atoms with Crippen LogP contribution in [0.5, 0.6) is 17.2 Å². The monoisotopic (exact) mass is 302 g/mol. The zero-order chi connectivity index (χ0) is 15.9. The number of benzene rings is 2. The van der Waals surface area contributed by atoms with Crippen LogP contribution in [0, 0.1) is 0 Å². The van der Waals surface area contributed by atoms with E-state index in [2.05, 4.69) is 0 Å². The van der Waals surface area contributed by atoms with Crippen LogP contribution in [-0.2, 0) is 9.53 Å². The molecule has 0 aliphatic heterocycles. The van der Waals surface area contributed by atoms with Gasteiger partial charge in [-0.15, -0.1) is 0 Å². The van der Waals surface area contributed by atoms with Crippen LogP contribution in [0.4, 0.5) is 0 Å². The van der Waals surface area contributed by atoms with Gasteiger partial charge in [-0.2, -0.15) is 0 Å². The van der Waals surface area contributed by atoms with E-state index in [0.29, 0.717) is 17.1 Å². The third-order valence-electron chi connectivity index (χ3n) is 3.27. The van der Waals surface area contributed by atoms with Crippen LogP contribution in [0.15, 0.2) is 48.5 Å². The van der Waals surface area contributed by atoms with Gasteiger partial charge in [-0.25, -0.2) is 0 Å². The van der Waals surface area contributed by atoms with Crippen molar-refractivity contribution in [3.63, 3.8) is 0 Å². The minimum Gasteiger partial charge on any atom is -0.504 e. The van der Waals surface area contributed by atoms with Crippen LogP contribution >= 0.6 is 0 Å². The molecule has 0 aliphatic carbocycles. The third-order valence-corrected chi connectivity index (χ3v) is 3.27. The van der Waals surface area contributed by atoms with Crippen molar-refractivity contribution in [2.24, 2.45) is 0 Å². The molecule has 5 heteroatoms. The van der Waals surface area contributed by atoms with Gasteiger partial charge in [-0.1, -0.05) is 30.3 Å². The van der Waals surface area contributed by atoms with E-state index in [4.69, 9.17) is 14.2 Å². The van der Waals surface area contributed by atoms with E-state index in [0.717, 1.165) is 0 Å². The third kappa shape index (κ3) is 3.49. The van der Waals surface area contributed by atoms with E-state index >= 15 is 0 Å². The molecule has 0 spiro atoms. The second kappa shape index (κ2) is 7.36. The van der Waals surface area contributed by atoms with Gasteiger partial charge in [0.2, 0.25) is 0 Å². The number of esters is 1. The Morgan fingerprint density at radius 1 is 1.05 bits per heavy atom. The molecular weight excluding hydrogens is 284 g/mol. The SMILES string of the molecule is COC(=O)C(COc1ccccc1O)c1ccccc1OC. The molecule has 0 saturated carbocycles. The van der Waals surface area contributed by atoms with E-state index < -0.39 is 11.9 Å². The average Bonchev–Trinajstić information content (AvgIpc) is 2.56. The molecule has 0 aliphatic rings. The average molecular weight is 302 g/mol. The van der Waals surface area contributed by atoms with Gasteiger partial charge in [-0.3, -0.25) is 4.79 Å². The fraction of sp³-hybridized carbons (Fsp3) is 0.235. The second-order valence-corrected chi connectivity index (χ2v) is 4.60. The molecule has 2 aromatic rings. The van der Waals surface area contributed by atoms with Crippen molar-refractivity contribution in [3.8, 4) is 17.2 Å². The first-order valence-electron chi connectivity index (χ1n) is 6.79. The maximum atomic E-state index is 12.1. The summed E-state index contributed by atoms with van der Waals surface area (Å²) in [5.74, 6) is -0.170. The highest BCUT2D eigenvalue weighted by Gasteiger charge is 2.25. The lowest BCUT2D eigenvalue weighted by molar-refractivity contribution is -0.143. The molecule has 1 unspecified atom stereocenters. The van der Waals surface area contributed by atoms with Crippen molar-refractivity contribution in [2.75, 3.05) is 20.8 Å². The summed E-state index contributed by atoms with van der Waals surface area (Å²) >= 11 is 0. The Labute approximate surface area is 129 Å². The zero-order valence-electron chi connectivity index (χ0n) is 12.5. The van der Waals surface area contributed by atoms with Gasteiger partial charge >= 0.3 is 5.97 Å². The summed E-state index contributed by atoms with van der Waals surface area (Å²) in [5, 5.41) is 9.72. The lowest BCUT2D eigenvalue weighted by atomic mass is 9.99. The molecule has 0 bridgehead atoms. The van der Waals surface area contributed by atoms with Gasteiger partial charge in [0.15, 0.2) is 11.5 Å².